The molecule has 1 aliphatic heterocycles. The predicted octanol–water partition coefficient (Wildman–Crippen LogP) is 3.33. The number of anilines is 1. The molecule has 1 amide bonds. The van der Waals surface area contributed by atoms with E-state index in [9.17, 15) is 4.79 Å². The van der Waals surface area contributed by atoms with Crippen LogP contribution < -0.4 is 10.2 Å². The summed E-state index contributed by atoms with van der Waals surface area (Å²) in [5, 5.41) is 6.24. The van der Waals surface area contributed by atoms with E-state index in [1.165, 1.54) is 0 Å². The third-order valence-electron chi connectivity index (χ3n) is 4.55. The Morgan fingerprint density at radius 3 is 2.48 bits per heavy atom. The molecule has 0 radical (unpaired) electrons. The fourth-order valence-corrected chi connectivity index (χ4v) is 3.84. The zero-order valence-electron chi connectivity index (χ0n) is 13.8. The van der Waals surface area contributed by atoms with E-state index in [0.717, 1.165) is 36.8 Å². The van der Waals surface area contributed by atoms with Crippen LogP contribution in [0.1, 0.15) is 23.2 Å². The van der Waals surface area contributed by atoms with Crippen molar-refractivity contribution in [3.8, 4) is 5.69 Å². The Morgan fingerprint density at radius 2 is 1.84 bits per heavy atom. The number of hydrogen-bond donors (Lipinski definition) is 1. The first-order valence-corrected chi connectivity index (χ1v) is 9.36. The second-order valence-corrected chi connectivity index (χ2v) is 7.06. The number of rotatable bonds is 4. The van der Waals surface area contributed by atoms with Gasteiger partial charge in [-0.1, -0.05) is 0 Å². The van der Waals surface area contributed by atoms with Crippen LogP contribution in [0.5, 0.6) is 0 Å². The van der Waals surface area contributed by atoms with E-state index in [0.29, 0.717) is 5.56 Å². The number of piperidine rings is 1. The molecule has 3 heterocycles. The van der Waals surface area contributed by atoms with E-state index < -0.39 is 0 Å². The van der Waals surface area contributed by atoms with Gasteiger partial charge >= 0.3 is 0 Å². The topological polar surface area (TPSA) is 50.2 Å². The van der Waals surface area contributed by atoms with Crippen molar-refractivity contribution in [2.75, 3.05) is 18.0 Å². The molecule has 25 heavy (non-hydrogen) atoms. The van der Waals surface area contributed by atoms with Crippen molar-refractivity contribution in [1.82, 2.24) is 14.9 Å². The van der Waals surface area contributed by atoms with Crippen molar-refractivity contribution < 1.29 is 4.79 Å². The van der Waals surface area contributed by atoms with Gasteiger partial charge in [0.25, 0.3) is 5.91 Å². The highest BCUT2D eigenvalue weighted by atomic mass is 32.1. The molecule has 0 saturated carbocycles. The first kappa shape index (κ1) is 15.9. The number of carbonyl (C=O) groups excluding carboxylic acids is 1. The van der Waals surface area contributed by atoms with Crippen molar-refractivity contribution in [1.29, 1.82) is 0 Å². The standard InChI is InChI=1S/C19H20N4OS/c24-18(15-3-5-17(6-4-15)22-10-1-2-11-22)21-16-7-12-23(13-8-16)19-20-9-14-25-19/h1-6,9-11,14,16H,7-8,12-13H2,(H,21,24). The lowest BCUT2D eigenvalue weighted by Gasteiger charge is -2.32. The van der Waals surface area contributed by atoms with Crippen molar-refractivity contribution in [2.45, 2.75) is 18.9 Å². The number of aromatic nitrogens is 2. The SMILES string of the molecule is O=C(NC1CCN(c2nccs2)CC1)c1ccc(-n2cccc2)cc1. The van der Waals surface area contributed by atoms with Gasteiger partial charge < -0.3 is 14.8 Å². The summed E-state index contributed by atoms with van der Waals surface area (Å²) < 4.78 is 2.02. The number of amides is 1. The Balaban J connectivity index is 1.33. The van der Waals surface area contributed by atoms with E-state index in [-0.39, 0.29) is 11.9 Å². The van der Waals surface area contributed by atoms with Gasteiger partial charge in [-0.2, -0.15) is 0 Å². The summed E-state index contributed by atoms with van der Waals surface area (Å²) >= 11 is 1.67. The molecule has 1 aromatic carbocycles. The molecular weight excluding hydrogens is 332 g/mol. The lowest BCUT2D eigenvalue weighted by Crippen LogP contribution is -2.44. The van der Waals surface area contributed by atoms with E-state index in [2.05, 4.69) is 15.2 Å². The van der Waals surface area contributed by atoms with Crippen molar-refractivity contribution in [3.63, 3.8) is 0 Å². The average Bonchev–Trinajstić information content (AvgIpc) is 3.36. The maximum atomic E-state index is 12.5. The van der Waals surface area contributed by atoms with Crippen molar-refractivity contribution in [2.24, 2.45) is 0 Å². The zero-order valence-corrected chi connectivity index (χ0v) is 14.7. The minimum Gasteiger partial charge on any atom is -0.349 e. The smallest absolute Gasteiger partial charge is 0.251 e. The number of hydrogen-bond acceptors (Lipinski definition) is 4. The molecule has 6 heteroatoms. The molecule has 0 unspecified atom stereocenters. The Kier molecular flexibility index (Phi) is 4.52. The van der Waals surface area contributed by atoms with E-state index in [4.69, 9.17) is 0 Å². The van der Waals surface area contributed by atoms with Crippen LogP contribution in [-0.4, -0.2) is 34.6 Å². The van der Waals surface area contributed by atoms with E-state index in [1.54, 1.807) is 11.3 Å². The molecule has 1 saturated heterocycles. The number of benzene rings is 1. The summed E-state index contributed by atoms with van der Waals surface area (Å²) in [5.41, 5.74) is 1.76. The molecule has 4 rings (SSSR count). The van der Waals surface area contributed by atoms with Gasteiger partial charge in [-0.25, -0.2) is 4.98 Å². The highest BCUT2D eigenvalue weighted by Crippen LogP contribution is 2.22. The maximum absolute atomic E-state index is 12.5. The van der Waals surface area contributed by atoms with Gasteiger partial charge in [-0.3, -0.25) is 4.79 Å². The zero-order chi connectivity index (χ0) is 17.1. The van der Waals surface area contributed by atoms with Gasteiger partial charge in [0.05, 0.1) is 0 Å². The molecular formula is C19H20N4OS. The van der Waals surface area contributed by atoms with Gasteiger partial charge in [-0.05, 0) is 49.2 Å². The average molecular weight is 352 g/mol. The van der Waals surface area contributed by atoms with E-state index in [1.807, 2.05) is 64.9 Å². The summed E-state index contributed by atoms with van der Waals surface area (Å²) in [5.74, 6) is 0.00625. The summed E-state index contributed by atoms with van der Waals surface area (Å²) in [6.45, 7) is 1.87. The number of nitrogens with zero attached hydrogens (tertiary/aromatic N) is 3. The molecule has 5 nitrogen and oxygen atoms in total. The van der Waals surface area contributed by atoms with Gasteiger partial charge in [-0.15, -0.1) is 11.3 Å². The predicted molar refractivity (Wildman–Crippen MR) is 101 cm³/mol. The van der Waals surface area contributed by atoms with Crippen LogP contribution in [-0.2, 0) is 0 Å². The van der Waals surface area contributed by atoms with Crippen molar-refractivity contribution in [3.05, 3.63) is 65.9 Å². The molecule has 128 valence electrons. The molecule has 0 spiro atoms. The summed E-state index contributed by atoms with van der Waals surface area (Å²) in [6, 6.07) is 11.9. The van der Waals surface area contributed by atoms with E-state index >= 15 is 0 Å². The number of carbonyl (C=O) groups is 1. The fourth-order valence-electron chi connectivity index (χ4n) is 3.15. The number of nitrogens with one attached hydrogen (secondary N) is 1. The highest BCUT2D eigenvalue weighted by Gasteiger charge is 2.22. The monoisotopic (exact) mass is 352 g/mol. The first-order valence-electron chi connectivity index (χ1n) is 8.48. The second kappa shape index (κ2) is 7.11. The van der Waals surface area contributed by atoms with Gasteiger partial charge in [0, 0.05) is 54.4 Å². The Bertz CT molecular complexity index is 804. The van der Waals surface area contributed by atoms with Crippen LogP contribution in [0.15, 0.2) is 60.4 Å². The molecule has 1 N–H and O–H groups in total. The molecule has 0 atom stereocenters. The van der Waals surface area contributed by atoms with Crippen LogP contribution in [0, 0.1) is 0 Å². The Hall–Kier alpha value is -2.60. The van der Waals surface area contributed by atoms with Crippen molar-refractivity contribution >= 4 is 22.4 Å². The van der Waals surface area contributed by atoms with Gasteiger partial charge in [0.1, 0.15) is 0 Å². The normalized spacial score (nSPS) is 15.3. The molecule has 1 fully saturated rings. The fraction of sp³-hybridized carbons (Fsp3) is 0.263. The molecule has 0 bridgehead atoms. The van der Waals surface area contributed by atoms with Crippen LogP contribution in [0.25, 0.3) is 5.69 Å². The second-order valence-electron chi connectivity index (χ2n) is 6.19. The summed E-state index contributed by atoms with van der Waals surface area (Å²) in [6.07, 6.45) is 7.72. The van der Waals surface area contributed by atoms with Gasteiger partial charge in [0.15, 0.2) is 5.13 Å². The van der Waals surface area contributed by atoms with Crippen LogP contribution in [0.2, 0.25) is 0 Å². The largest absolute Gasteiger partial charge is 0.349 e. The number of thiazole rings is 1. The molecule has 1 aliphatic rings. The minimum absolute atomic E-state index is 0.00625. The summed E-state index contributed by atoms with van der Waals surface area (Å²) in [7, 11) is 0. The van der Waals surface area contributed by atoms with Gasteiger partial charge in [0.2, 0.25) is 0 Å². The van der Waals surface area contributed by atoms with Crippen LogP contribution in [0.3, 0.4) is 0 Å². The summed E-state index contributed by atoms with van der Waals surface area (Å²) in [4.78, 5) is 19.1. The third kappa shape index (κ3) is 3.58. The highest BCUT2D eigenvalue weighted by molar-refractivity contribution is 7.13. The molecule has 2 aromatic heterocycles. The lowest BCUT2D eigenvalue weighted by atomic mass is 10.0. The first-order chi connectivity index (χ1) is 12.3. The minimum atomic E-state index is 0.00625. The Morgan fingerprint density at radius 1 is 1.12 bits per heavy atom. The third-order valence-corrected chi connectivity index (χ3v) is 5.38. The quantitative estimate of drug-likeness (QED) is 0.783. The molecule has 3 aromatic rings. The maximum Gasteiger partial charge on any atom is 0.251 e. The van der Waals surface area contributed by atoms with Crippen LogP contribution in [0.4, 0.5) is 5.13 Å². The lowest BCUT2D eigenvalue weighted by molar-refractivity contribution is 0.0931. The van der Waals surface area contributed by atoms with Crippen LogP contribution >= 0.6 is 11.3 Å². The Labute approximate surface area is 150 Å². The molecule has 0 aliphatic carbocycles.